The Morgan fingerprint density at radius 2 is 1.67 bits per heavy atom. The first-order valence-corrected chi connectivity index (χ1v) is 8.42. The molecular weight excluding hydrogens is 359 g/mol. The van der Waals surface area contributed by atoms with E-state index < -0.39 is 41.7 Å². The molecule has 1 fully saturated rings. The van der Waals surface area contributed by atoms with Gasteiger partial charge in [-0.25, -0.2) is 14.0 Å². The van der Waals surface area contributed by atoms with E-state index in [4.69, 9.17) is 9.57 Å². The molecule has 0 N–H and O–H groups in total. The van der Waals surface area contributed by atoms with Crippen molar-refractivity contribution in [3.05, 3.63) is 35.4 Å². The van der Waals surface area contributed by atoms with E-state index in [2.05, 4.69) is 0 Å². The molecule has 2 unspecified atom stereocenters. The zero-order chi connectivity index (χ0) is 19.9. The zero-order valence-electron chi connectivity index (χ0n) is 15.1. The lowest BCUT2D eigenvalue weighted by molar-refractivity contribution is -0.173. The minimum absolute atomic E-state index is 0.106. The first-order chi connectivity index (χ1) is 12.6. The quantitative estimate of drug-likeness (QED) is 0.732. The van der Waals surface area contributed by atoms with Gasteiger partial charge in [-0.05, 0) is 32.9 Å². The van der Waals surface area contributed by atoms with Gasteiger partial charge in [-0.3, -0.25) is 14.5 Å². The minimum Gasteiger partial charge on any atom is -0.444 e. The van der Waals surface area contributed by atoms with Gasteiger partial charge in [-0.2, -0.15) is 0 Å². The number of ether oxygens (including phenoxy) is 1. The Bertz CT molecular complexity index is 783. The molecule has 0 bridgehead atoms. The molecular formula is C18H19FN2O6. The number of fused-ring (bicyclic) bond motifs is 1. The Morgan fingerprint density at radius 1 is 1.11 bits per heavy atom. The van der Waals surface area contributed by atoms with Crippen LogP contribution < -0.4 is 0 Å². The average molecular weight is 378 g/mol. The number of amides is 3. The third kappa shape index (κ3) is 3.62. The monoisotopic (exact) mass is 378 g/mol. The normalized spacial score (nSPS) is 22.1. The van der Waals surface area contributed by atoms with Crippen molar-refractivity contribution in [1.29, 1.82) is 0 Å². The third-order valence-electron chi connectivity index (χ3n) is 4.09. The molecule has 8 nitrogen and oxygen atoms in total. The number of hydroxylamine groups is 2. The maximum atomic E-state index is 13.9. The van der Waals surface area contributed by atoms with Crippen molar-refractivity contribution in [3.8, 4) is 0 Å². The highest BCUT2D eigenvalue weighted by Crippen LogP contribution is 2.27. The summed E-state index contributed by atoms with van der Waals surface area (Å²) in [5.41, 5.74) is -0.620. The van der Waals surface area contributed by atoms with Crippen LogP contribution >= 0.6 is 0 Å². The Labute approximate surface area is 154 Å². The number of nitrogens with zero attached hydrogens (tertiary/aromatic N) is 2. The molecule has 2 atom stereocenters. The van der Waals surface area contributed by atoms with Crippen molar-refractivity contribution >= 4 is 23.9 Å². The molecule has 1 aromatic rings. The standard InChI is InChI=1S/C18H19FN2O6/c1-18(2,3)26-17(25)20-9-10(19)8-13(20)16(24)27-21-14(22)11-6-4-5-7-12(11)15(21)23/h4-7,10,13H,8-9H2,1-3H3. The Kier molecular flexibility index (Phi) is 4.63. The Hall–Kier alpha value is -2.97. The predicted molar refractivity (Wildman–Crippen MR) is 89.3 cm³/mol. The van der Waals surface area contributed by atoms with Crippen LogP contribution in [0.15, 0.2) is 24.3 Å². The van der Waals surface area contributed by atoms with Crippen LogP contribution in [0.1, 0.15) is 47.9 Å². The molecule has 1 saturated heterocycles. The van der Waals surface area contributed by atoms with Crippen molar-refractivity contribution in [2.24, 2.45) is 0 Å². The lowest BCUT2D eigenvalue weighted by Gasteiger charge is -2.27. The number of carbonyl (C=O) groups is 4. The van der Waals surface area contributed by atoms with Crippen LogP contribution in [0, 0.1) is 0 Å². The number of hydrogen-bond acceptors (Lipinski definition) is 6. The van der Waals surface area contributed by atoms with E-state index in [0.717, 1.165) is 4.90 Å². The van der Waals surface area contributed by atoms with E-state index >= 15 is 0 Å². The molecule has 27 heavy (non-hydrogen) atoms. The van der Waals surface area contributed by atoms with E-state index in [1.54, 1.807) is 32.9 Å². The van der Waals surface area contributed by atoms with Gasteiger partial charge in [0.05, 0.1) is 17.7 Å². The second-order valence-corrected chi connectivity index (χ2v) is 7.34. The van der Waals surface area contributed by atoms with Crippen LogP contribution in [-0.2, 0) is 14.4 Å². The van der Waals surface area contributed by atoms with Crippen molar-refractivity contribution in [2.45, 2.75) is 45.0 Å². The Balaban J connectivity index is 1.74. The van der Waals surface area contributed by atoms with E-state index in [1.165, 1.54) is 12.1 Å². The molecule has 144 valence electrons. The van der Waals surface area contributed by atoms with Crippen molar-refractivity contribution < 1.29 is 33.1 Å². The van der Waals surface area contributed by atoms with Gasteiger partial charge in [0.15, 0.2) is 0 Å². The third-order valence-corrected chi connectivity index (χ3v) is 4.09. The van der Waals surface area contributed by atoms with E-state index in [0.29, 0.717) is 5.06 Å². The molecule has 0 spiro atoms. The number of benzene rings is 1. The van der Waals surface area contributed by atoms with Gasteiger partial charge in [0.25, 0.3) is 11.8 Å². The van der Waals surface area contributed by atoms with Gasteiger partial charge in [-0.15, -0.1) is 0 Å². The van der Waals surface area contributed by atoms with Crippen LogP contribution in [0.2, 0.25) is 0 Å². The maximum Gasteiger partial charge on any atom is 0.411 e. The number of hydrogen-bond donors (Lipinski definition) is 0. The summed E-state index contributed by atoms with van der Waals surface area (Å²) in [5, 5.41) is 0.339. The minimum atomic E-state index is -1.45. The van der Waals surface area contributed by atoms with Crippen LogP contribution in [0.4, 0.5) is 9.18 Å². The number of imide groups is 1. The second-order valence-electron chi connectivity index (χ2n) is 7.34. The van der Waals surface area contributed by atoms with Gasteiger partial charge in [0.1, 0.15) is 17.8 Å². The maximum absolute atomic E-state index is 13.9. The molecule has 3 amide bonds. The molecule has 0 aliphatic carbocycles. The van der Waals surface area contributed by atoms with Crippen LogP contribution in [0.25, 0.3) is 0 Å². The molecule has 2 heterocycles. The number of carbonyl (C=O) groups excluding carboxylic acids is 4. The Morgan fingerprint density at radius 3 is 2.19 bits per heavy atom. The van der Waals surface area contributed by atoms with Gasteiger partial charge in [0, 0.05) is 6.42 Å². The summed E-state index contributed by atoms with van der Waals surface area (Å²) in [4.78, 5) is 55.1. The summed E-state index contributed by atoms with van der Waals surface area (Å²) in [5.74, 6) is -2.65. The predicted octanol–water partition coefficient (Wildman–Crippen LogP) is 2.09. The van der Waals surface area contributed by atoms with Gasteiger partial charge in [-0.1, -0.05) is 17.2 Å². The highest BCUT2D eigenvalue weighted by atomic mass is 19.1. The lowest BCUT2D eigenvalue weighted by Crippen LogP contribution is -2.46. The van der Waals surface area contributed by atoms with Crippen LogP contribution in [0.5, 0.6) is 0 Å². The van der Waals surface area contributed by atoms with Gasteiger partial charge >= 0.3 is 12.1 Å². The first kappa shape index (κ1) is 18.8. The topological polar surface area (TPSA) is 93.2 Å². The second kappa shape index (κ2) is 6.64. The number of rotatable bonds is 2. The summed E-state index contributed by atoms with van der Waals surface area (Å²) < 4.78 is 19.0. The summed E-state index contributed by atoms with van der Waals surface area (Å²) >= 11 is 0. The van der Waals surface area contributed by atoms with Crippen molar-refractivity contribution in [3.63, 3.8) is 0 Å². The number of halogens is 1. The van der Waals surface area contributed by atoms with Crippen LogP contribution in [0.3, 0.4) is 0 Å². The molecule has 3 rings (SSSR count). The van der Waals surface area contributed by atoms with E-state index in [-0.39, 0.29) is 24.1 Å². The smallest absolute Gasteiger partial charge is 0.411 e. The fraction of sp³-hybridized carbons (Fsp3) is 0.444. The average Bonchev–Trinajstić information content (AvgIpc) is 3.08. The van der Waals surface area contributed by atoms with Crippen molar-refractivity contribution in [2.75, 3.05) is 6.54 Å². The SMILES string of the molecule is CC(C)(C)OC(=O)N1CC(F)CC1C(=O)ON1C(=O)c2ccccc2C1=O. The molecule has 9 heteroatoms. The zero-order valence-corrected chi connectivity index (χ0v) is 15.1. The summed E-state index contributed by atoms with van der Waals surface area (Å²) in [6.45, 7) is 4.58. The fourth-order valence-electron chi connectivity index (χ4n) is 2.93. The highest BCUT2D eigenvalue weighted by Gasteiger charge is 2.46. The molecule has 0 radical (unpaired) electrons. The van der Waals surface area contributed by atoms with Crippen molar-refractivity contribution in [1.82, 2.24) is 9.96 Å². The number of likely N-dealkylation sites (tertiary alicyclic amines) is 1. The molecule has 1 aromatic carbocycles. The van der Waals surface area contributed by atoms with E-state index in [1.807, 2.05) is 0 Å². The number of alkyl halides is 1. The van der Waals surface area contributed by atoms with Gasteiger partial charge < -0.3 is 9.57 Å². The first-order valence-electron chi connectivity index (χ1n) is 8.42. The highest BCUT2D eigenvalue weighted by molar-refractivity contribution is 6.20. The molecule has 0 saturated carbocycles. The fourth-order valence-corrected chi connectivity index (χ4v) is 2.93. The summed E-state index contributed by atoms with van der Waals surface area (Å²) in [6.07, 6.45) is -2.62. The molecule has 2 aliphatic rings. The molecule has 0 aromatic heterocycles. The largest absolute Gasteiger partial charge is 0.444 e. The van der Waals surface area contributed by atoms with Crippen LogP contribution in [-0.4, -0.2) is 58.2 Å². The molecule has 2 aliphatic heterocycles. The summed E-state index contributed by atoms with van der Waals surface area (Å²) in [6, 6.07) is 4.72. The van der Waals surface area contributed by atoms with E-state index in [9.17, 15) is 23.6 Å². The van der Waals surface area contributed by atoms with Gasteiger partial charge in [0.2, 0.25) is 0 Å². The lowest BCUT2D eigenvalue weighted by atomic mass is 10.1. The summed E-state index contributed by atoms with van der Waals surface area (Å²) in [7, 11) is 0.